The van der Waals surface area contributed by atoms with E-state index in [2.05, 4.69) is 19.1 Å². The van der Waals surface area contributed by atoms with Crippen molar-refractivity contribution in [3.05, 3.63) is 58.6 Å². The largest absolute Gasteiger partial charge is 0.457 e. The predicted molar refractivity (Wildman–Crippen MR) is 79.9 cm³/mol. The molecule has 1 unspecified atom stereocenters. The normalized spacial score (nSPS) is 12.2. The third-order valence-corrected chi connectivity index (χ3v) is 3.36. The van der Waals surface area contributed by atoms with Crippen LogP contribution in [0.5, 0.6) is 11.5 Å². The Morgan fingerprint density at radius 1 is 1.11 bits per heavy atom. The number of rotatable bonds is 4. The van der Waals surface area contributed by atoms with Gasteiger partial charge < -0.3 is 10.5 Å². The van der Waals surface area contributed by atoms with Crippen molar-refractivity contribution in [1.82, 2.24) is 0 Å². The highest BCUT2D eigenvalue weighted by molar-refractivity contribution is 6.31. The van der Waals surface area contributed by atoms with Crippen molar-refractivity contribution in [2.24, 2.45) is 5.73 Å². The molecule has 0 saturated heterocycles. The molecule has 0 bridgehead atoms. The molecular weight excluding hydrogens is 258 g/mol. The zero-order chi connectivity index (χ0) is 13.8. The van der Waals surface area contributed by atoms with Gasteiger partial charge in [0.15, 0.2) is 0 Å². The minimum Gasteiger partial charge on any atom is -0.457 e. The molecule has 2 N–H and O–H groups in total. The number of hydrogen-bond donors (Lipinski definition) is 1. The van der Waals surface area contributed by atoms with Gasteiger partial charge in [-0.1, -0.05) is 36.7 Å². The second kappa shape index (κ2) is 6.09. The van der Waals surface area contributed by atoms with Crippen molar-refractivity contribution < 1.29 is 4.74 Å². The fourth-order valence-electron chi connectivity index (χ4n) is 1.87. The van der Waals surface area contributed by atoms with Gasteiger partial charge in [-0.15, -0.1) is 0 Å². The first-order chi connectivity index (χ1) is 9.10. The summed E-state index contributed by atoms with van der Waals surface area (Å²) < 4.78 is 5.77. The van der Waals surface area contributed by atoms with E-state index < -0.39 is 0 Å². The lowest BCUT2D eigenvalue weighted by Crippen LogP contribution is -2.05. The molecule has 0 aliphatic rings. The van der Waals surface area contributed by atoms with E-state index in [-0.39, 0.29) is 6.04 Å². The molecule has 2 aromatic carbocycles. The van der Waals surface area contributed by atoms with E-state index >= 15 is 0 Å². The number of halogens is 1. The van der Waals surface area contributed by atoms with E-state index in [9.17, 15) is 0 Å². The highest BCUT2D eigenvalue weighted by atomic mass is 35.5. The first-order valence-corrected chi connectivity index (χ1v) is 6.79. The zero-order valence-corrected chi connectivity index (χ0v) is 11.9. The fourth-order valence-corrected chi connectivity index (χ4v) is 2.21. The number of nitrogens with two attached hydrogens (primary N) is 1. The Bertz CT molecular complexity index is 549. The Morgan fingerprint density at radius 2 is 1.74 bits per heavy atom. The van der Waals surface area contributed by atoms with Crippen molar-refractivity contribution in [3.8, 4) is 11.5 Å². The average molecular weight is 276 g/mol. The quantitative estimate of drug-likeness (QED) is 0.877. The van der Waals surface area contributed by atoms with Crippen LogP contribution in [0, 0.1) is 0 Å². The molecule has 2 rings (SSSR count). The molecule has 1 atom stereocenters. The zero-order valence-electron chi connectivity index (χ0n) is 11.2. The van der Waals surface area contributed by atoms with Crippen molar-refractivity contribution in [2.45, 2.75) is 26.3 Å². The maximum Gasteiger partial charge on any atom is 0.128 e. The van der Waals surface area contributed by atoms with Crippen molar-refractivity contribution in [1.29, 1.82) is 0 Å². The summed E-state index contributed by atoms with van der Waals surface area (Å²) in [5.74, 6) is 1.53. The number of benzene rings is 2. The van der Waals surface area contributed by atoms with E-state index in [1.54, 1.807) is 6.07 Å². The summed E-state index contributed by atoms with van der Waals surface area (Å²) in [5, 5.41) is 0.637. The van der Waals surface area contributed by atoms with E-state index in [4.69, 9.17) is 22.1 Å². The minimum absolute atomic E-state index is 0.0783. The van der Waals surface area contributed by atoms with Gasteiger partial charge in [0.2, 0.25) is 0 Å². The summed E-state index contributed by atoms with van der Waals surface area (Å²) in [5.41, 5.74) is 8.04. The van der Waals surface area contributed by atoms with Gasteiger partial charge >= 0.3 is 0 Å². The van der Waals surface area contributed by atoms with Crippen LogP contribution in [0.25, 0.3) is 0 Å². The van der Waals surface area contributed by atoms with Gasteiger partial charge in [0.05, 0.1) is 0 Å². The highest BCUT2D eigenvalue weighted by Gasteiger charge is 2.07. The summed E-state index contributed by atoms with van der Waals surface area (Å²) in [6, 6.07) is 13.6. The van der Waals surface area contributed by atoms with Crippen LogP contribution < -0.4 is 10.5 Å². The predicted octanol–water partition coefficient (Wildman–Crippen LogP) is 4.71. The second-order valence-electron chi connectivity index (χ2n) is 4.57. The Morgan fingerprint density at radius 3 is 2.26 bits per heavy atom. The molecule has 100 valence electrons. The summed E-state index contributed by atoms with van der Waals surface area (Å²) in [6.45, 7) is 4.04. The molecule has 0 heterocycles. The highest BCUT2D eigenvalue weighted by Crippen LogP contribution is 2.29. The van der Waals surface area contributed by atoms with Gasteiger partial charge in [0.1, 0.15) is 11.5 Å². The molecule has 0 aliphatic carbocycles. The summed E-state index contributed by atoms with van der Waals surface area (Å²) in [7, 11) is 0. The second-order valence-corrected chi connectivity index (χ2v) is 4.98. The first-order valence-electron chi connectivity index (χ1n) is 6.42. The lowest BCUT2D eigenvalue weighted by atomic mass is 10.1. The summed E-state index contributed by atoms with van der Waals surface area (Å²) >= 11 is 6.18. The molecule has 0 aromatic heterocycles. The van der Waals surface area contributed by atoms with E-state index in [1.807, 2.05) is 31.2 Å². The Labute approximate surface area is 119 Å². The molecule has 0 aliphatic heterocycles. The standard InChI is InChI=1S/C16H18ClNO/c1-3-12-4-6-13(7-5-12)19-14-8-9-15(11(2)18)16(17)10-14/h4-11H,3,18H2,1-2H3. The van der Waals surface area contributed by atoms with E-state index in [1.165, 1.54) is 5.56 Å². The molecular formula is C16H18ClNO. The summed E-state index contributed by atoms with van der Waals surface area (Å²) in [6.07, 6.45) is 1.02. The van der Waals surface area contributed by atoms with E-state index in [0.29, 0.717) is 5.02 Å². The molecule has 0 amide bonds. The topological polar surface area (TPSA) is 35.2 Å². The minimum atomic E-state index is -0.0783. The van der Waals surface area contributed by atoms with E-state index in [0.717, 1.165) is 23.5 Å². The van der Waals surface area contributed by atoms with Gasteiger partial charge in [0, 0.05) is 11.1 Å². The van der Waals surface area contributed by atoms with Gasteiger partial charge in [-0.25, -0.2) is 0 Å². The molecule has 0 fully saturated rings. The lowest BCUT2D eigenvalue weighted by molar-refractivity contribution is 0.482. The van der Waals surface area contributed by atoms with Crippen molar-refractivity contribution >= 4 is 11.6 Å². The number of aryl methyl sites for hydroxylation is 1. The van der Waals surface area contributed by atoms with Crippen LogP contribution in [0.3, 0.4) is 0 Å². The van der Waals surface area contributed by atoms with Crippen LogP contribution in [0.2, 0.25) is 5.02 Å². The maximum atomic E-state index is 6.18. The third-order valence-electron chi connectivity index (χ3n) is 3.03. The lowest BCUT2D eigenvalue weighted by Gasteiger charge is -2.11. The monoisotopic (exact) mass is 275 g/mol. The summed E-state index contributed by atoms with van der Waals surface area (Å²) in [4.78, 5) is 0. The Balaban J connectivity index is 2.16. The van der Waals surface area contributed by atoms with Crippen LogP contribution in [-0.4, -0.2) is 0 Å². The van der Waals surface area contributed by atoms with Crippen LogP contribution in [0.15, 0.2) is 42.5 Å². The van der Waals surface area contributed by atoms with Crippen LogP contribution in [0.1, 0.15) is 31.0 Å². The first kappa shape index (κ1) is 13.9. The van der Waals surface area contributed by atoms with Gasteiger partial charge in [-0.05, 0) is 48.7 Å². The van der Waals surface area contributed by atoms with Crippen LogP contribution in [-0.2, 0) is 6.42 Å². The molecule has 0 spiro atoms. The van der Waals surface area contributed by atoms with Crippen LogP contribution >= 0.6 is 11.6 Å². The van der Waals surface area contributed by atoms with Crippen LogP contribution in [0.4, 0.5) is 0 Å². The smallest absolute Gasteiger partial charge is 0.128 e. The third kappa shape index (κ3) is 3.49. The molecule has 3 heteroatoms. The van der Waals surface area contributed by atoms with Gasteiger partial charge in [-0.3, -0.25) is 0 Å². The van der Waals surface area contributed by atoms with Crippen molar-refractivity contribution in [2.75, 3.05) is 0 Å². The molecule has 19 heavy (non-hydrogen) atoms. The molecule has 2 aromatic rings. The van der Waals surface area contributed by atoms with Gasteiger partial charge in [-0.2, -0.15) is 0 Å². The molecule has 0 radical (unpaired) electrons. The fraction of sp³-hybridized carbons (Fsp3) is 0.250. The number of hydrogen-bond acceptors (Lipinski definition) is 2. The SMILES string of the molecule is CCc1ccc(Oc2ccc(C(C)N)c(Cl)c2)cc1. The number of ether oxygens (including phenoxy) is 1. The maximum absolute atomic E-state index is 6.18. The molecule has 0 saturated carbocycles. The van der Waals surface area contributed by atoms with Crippen molar-refractivity contribution in [3.63, 3.8) is 0 Å². The van der Waals surface area contributed by atoms with Gasteiger partial charge in [0.25, 0.3) is 0 Å². The Hall–Kier alpha value is -1.51. The Kier molecular flexibility index (Phi) is 4.46. The molecule has 2 nitrogen and oxygen atoms in total. The average Bonchev–Trinajstić information content (AvgIpc) is 2.39.